The van der Waals surface area contributed by atoms with Crippen molar-refractivity contribution in [3.8, 4) is 0 Å². The van der Waals surface area contributed by atoms with Gasteiger partial charge in [-0.25, -0.2) is 13.9 Å². The number of carbonyl (C=O) groups is 1. The van der Waals surface area contributed by atoms with Crippen molar-refractivity contribution >= 4 is 29.1 Å². The van der Waals surface area contributed by atoms with Crippen molar-refractivity contribution in [1.82, 2.24) is 14.6 Å². The molecule has 2 aromatic heterocycles. The first-order valence-corrected chi connectivity index (χ1v) is 10.9. The molecule has 1 aliphatic heterocycles. The van der Waals surface area contributed by atoms with Gasteiger partial charge in [0.05, 0.1) is 6.20 Å². The zero-order chi connectivity index (χ0) is 21.2. The number of imidazole rings is 1. The van der Waals surface area contributed by atoms with Gasteiger partial charge >= 0.3 is 0 Å². The van der Waals surface area contributed by atoms with Crippen LogP contribution in [0, 0.1) is 5.82 Å². The Bertz CT molecular complexity index is 907. The van der Waals surface area contributed by atoms with Crippen LogP contribution in [0.3, 0.4) is 0 Å². The highest BCUT2D eigenvalue weighted by Crippen LogP contribution is 2.18. The summed E-state index contributed by atoms with van der Waals surface area (Å²) in [7, 11) is 0. The summed E-state index contributed by atoms with van der Waals surface area (Å²) in [4.78, 5) is 18.6. The Kier molecular flexibility index (Phi) is 8.92. The summed E-state index contributed by atoms with van der Waals surface area (Å²) >= 11 is 1.61. The minimum Gasteiger partial charge on any atom is -0.364 e. The monoisotopic (exact) mass is 417 g/mol. The molecule has 1 amide bonds. The van der Waals surface area contributed by atoms with Crippen molar-refractivity contribution in [1.29, 1.82) is 0 Å². The molecule has 1 aromatic carbocycles. The molecular formula is C21H28FN5OS. The number of rotatable bonds is 3. The number of benzene rings is 1. The second-order valence-corrected chi connectivity index (χ2v) is 7.41. The molecule has 4 rings (SSSR count). The van der Waals surface area contributed by atoms with Crippen molar-refractivity contribution in [2.75, 3.05) is 24.2 Å². The van der Waals surface area contributed by atoms with E-state index < -0.39 is 5.91 Å². The summed E-state index contributed by atoms with van der Waals surface area (Å²) in [5.41, 5.74) is 6.24. The van der Waals surface area contributed by atoms with Gasteiger partial charge in [-0.15, -0.1) is 16.9 Å². The minimum atomic E-state index is -0.511. The number of anilines is 1. The molecule has 3 aromatic rings. The number of aromatic nitrogens is 3. The average Bonchev–Trinajstić information content (AvgIpc) is 3.39. The highest BCUT2D eigenvalue weighted by molar-refractivity contribution is 7.98. The molecule has 8 heteroatoms. The van der Waals surface area contributed by atoms with Gasteiger partial charge in [-0.1, -0.05) is 20.3 Å². The lowest BCUT2D eigenvalue weighted by Crippen LogP contribution is -2.21. The molecule has 3 heterocycles. The van der Waals surface area contributed by atoms with Gasteiger partial charge in [0.15, 0.2) is 5.65 Å². The zero-order valence-corrected chi connectivity index (χ0v) is 18.0. The van der Waals surface area contributed by atoms with Crippen LogP contribution in [-0.2, 0) is 0 Å². The molecule has 6 nitrogen and oxygen atoms in total. The van der Waals surface area contributed by atoms with Gasteiger partial charge in [0.2, 0.25) is 0 Å². The van der Waals surface area contributed by atoms with Crippen LogP contribution >= 0.6 is 11.8 Å². The summed E-state index contributed by atoms with van der Waals surface area (Å²) in [5, 5.41) is 4.42. The number of fused-ring (bicyclic) bond motifs is 1. The SMILES string of the molecule is CCC.CSc1ccc(F)cc1.NC(=O)c1cnc2ccc(N3CCCC3)nn12. The van der Waals surface area contributed by atoms with E-state index in [1.54, 1.807) is 23.9 Å². The minimum absolute atomic E-state index is 0.173. The highest BCUT2D eigenvalue weighted by Gasteiger charge is 2.16. The van der Waals surface area contributed by atoms with Crippen LogP contribution in [0.4, 0.5) is 10.2 Å². The molecule has 156 valence electrons. The highest BCUT2D eigenvalue weighted by atomic mass is 32.2. The van der Waals surface area contributed by atoms with Crippen molar-refractivity contribution in [3.05, 3.63) is 54.1 Å². The number of hydrogen-bond acceptors (Lipinski definition) is 5. The van der Waals surface area contributed by atoms with E-state index in [1.165, 1.54) is 42.1 Å². The predicted octanol–water partition coefficient (Wildman–Crippen LogP) is 4.39. The van der Waals surface area contributed by atoms with Gasteiger partial charge in [0.1, 0.15) is 17.3 Å². The number of nitrogens with two attached hydrogens (primary N) is 1. The summed E-state index contributed by atoms with van der Waals surface area (Å²) in [6.45, 7) is 6.28. The number of halogens is 1. The predicted molar refractivity (Wildman–Crippen MR) is 117 cm³/mol. The van der Waals surface area contributed by atoms with Gasteiger partial charge in [-0.3, -0.25) is 4.79 Å². The van der Waals surface area contributed by atoms with E-state index in [0.29, 0.717) is 11.3 Å². The quantitative estimate of drug-likeness (QED) is 0.640. The van der Waals surface area contributed by atoms with Crippen LogP contribution in [0.5, 0.6) is 0 Å². The van der Waals surface area contributed by atoms with E-state index in [9.17, 15) is 9.18 Å². The normalized spacial score (nSPS) is 12.8. The molecule has 1 aliphatic rings. The topological polar surface area (TPSA) is 76.5 Å². The number of thioether (sulfide) groups is 1. The van der Waals surface area contributed by atoms with Crippen molar-refractivity contribution in [3.63, 3.8) is 0 Å². The Hall–Kier alpha value is -2.61. The molecular weight excluding hydrogens is 389 g/mol. The molecule has 0 saturated carbocycles. The van der Waals surface area contributed by atoms with E-state index in [1.807, 2.05) is 18.4 Å². The molecule has 0 spiro atoms. The third kappa shape index (κ3) is 6.45. The first kappa shape index (κ1) is 22.7. The second-order valence-electron chi connectivity index (χ2n) is 6.53. The van der Waals surface area contributed by atoms with Gasteiger partial charge in [0.25, 0.3) is 5.91 Å². The first-order valence-electron chi connectivity index (χ1n) is 9.69. The van der Waals surface area contributed by atoms with Crippen molar-refractivity contribution in [2.45, 2.75) is 38.0 Å². The van der Waals surface area contributed by atoms with E-state index in [-0.39, 0.29) is 5.82 Å². The largest absolute Gasteiger partial charge is 0.364 e. The fraction of sp³-hybridized carbons (Fsp3) is 0.381. The number of primary amides is 1. The van der Waals surface area contributed by atoms with E-state index in [0.717, 1.165) is 23.8 Å². The van der Waals surface area contributed by atoms with Gasteiger partial charge in [-0.05, 0) is 55.5 Å². The molecule has 0 atom stereocenters. The van der Waals surface area contributed by atoms with E-state index in [2.05, 4.69) is 28.8 Å². The second kappa shape index (κ2) is 11.4. The van der Waals surface area contributed by atoms with Crippen molar-refractivity contribution < 1.29 is 9.18 Å². The Morgan fingerprint density at radius 3 is 2.31 bits per heavy atom. The average molecular weight is 418 g/mol. The van der Waals surface area contributed by atoms with Crippen LogP contribution in [0.25, 0.3) is 5.65 Å². The van der Waals surface area contributed by atoms with E-state index >= 15 is 0 Å². The molecule has 0 radical (unpaired) electrons. The number of amides is 1. The fourth-order valence-corrected chi connectivity index (χ4v) is 3.13. The molecule has 0 aliphatic carbocycles. The molecule has 29 heavy (non-hydrogen) atoms. The van der Waals surface area contributed by atoms with Crippen LogP contribution in [-0.4, -0.2) is 39.9 Å². The lowest BCUT2D eigenvalue weighted by molar-refractivity contribution is 0.0993. The van der Waals surface area contributed by atoms with Gasteiger partial charge in [0, 0.05) is 18.0 Å². The Labute approximate surface area is 175 Å². The lowest BCUT2D eigenvalue weighted by atomic mass is 10.4. The summed E-state index contributed by atoms with van der Waals surface area (Å²) < 4.78 is 13.7. The maximum Gasteiger partial charge on any atom is 0.269 e. The summed E-state index contributed by atoms with van der Waals surface area (Å²) in [5.74, 6) is 0.187. The zero-order valence-electron chi connectivity index (χ0n) is 17.1. The van der Waals surface area contributed by atoms with Gasteiger partial charge in [-0.2, -0.15) is 0 Å². The maximum absolute atomic E-state index is 12.2. The molecule has 0 unspecified atom stereocenters. The first-order chi connectivity index (χ1) is 14.0. The third-order valence-corrected chi connectivity index (χ3v) is 4.82. The third-order valence-electron chi connectivity index (χ3n) is 4.08. The Balaban J connectivity index is 0.000000211. The Morgan fingerprint density at radius 2 is 1.76 bits per heavy atom. The smallest absolute Gasteiger partial charge is 0.269 e. The van der Waals surface area contributed by atoms with Crippen LogP contribution in [0.1, 0.15) is 43.6 Å². The van der Waals surface area contributed by atoms with Crippen LogP contribution in [0.2, 0.25) is 0 Å². The van der Waals surface area contributed by atoms with E-state index in [4.69, 9.17) is 5.73 Å². The van der Waals surface area contributed by atoms with Crippen LogP contribution in [0.15, 0.2) is 47.5 Å². The maximum atomic E-state index is 12.2. The standard InChI is InChI=1S/C11H13N5O.C7H7FS.C3H8/c12-11(17)8-7-13-9-3-4-10(14-16(8)9)15-5-1-2-6-15;1-9-7-4-2-6(8)3-5-7;1-3-2/h3-4,7H,1-2,5-6H2,(H2,12,17);2-5H,1H3;3H2,1-2H3. The summed E-state index contributed by atoms with van der Waals surface area (Å²) in [6, 6.07) is 10.2. The molecule has 1 fully saturated rings. The Morgan fingerprint density at radius 1 is 1.14 bits per heavy atom. The molecule has 2 N–H and O–H groups in total. The summed E-state index contributed by atoms with van der Waals surface area (Å²) in [6.07, 6.45) is 7.05. The number of nitrogens with zero attached hydrogens (tertiary/aromatic N) is 4. The number of hydrogen-bond donors (Lipinski definition) is 1. The fourth-order valence-electron chi connectivity index (χ4n) is 2.72. The van der Waals surface area contributed by atoms with Crippen LogP contribution < -0.4 is 10.6 Å². The van der Waals surface area contributed by atoms with Crippen molar-refractivity contribution in [2.24, 2.45) is 5.73 Å². The van der Waals surface area contributed by atoms with Gasteiger partial charge < -0.3 is 10.6 Å². The molecule has 0 bridgehead atoms. The lowest BCUT2D eigenvalue weighted by Gasteiger charge is -2.15. The number of carbonyl (C=O) groups excluding carboxylic acids is 1. The molecule has 1 saturated heterocycles.